The smallest absolute Gasteiger partial charge is 0.250 e. The van der Waals surface area contributed by atoms with E-state index >= 15 is 0 Å². The molecule has 1 aliphatic heterocycles. The first-order valence-corrected chi connectivity index (χ1v) is 7.56. The van der Waals surface area contributed by atoms with Crippen LogP contribution < -0.4 is 0 Å². The van der Waals surface area contributed by atoms with Gasteiger partial charge in [-0.15, -0.1) is 0 Å². The third-order valence-corrected chi connectivity index (χ3v) is 4.53. The van der Waals surface area contributed by atoms with Gasteiger partial charge in [-0.1, -0.05) is 35.9 Å². The number of benzene rings is 1. The number of hydrogen-bond donors (Lipinski definition) is 0. The van der Waals surface area contributed by atoms with Gasteiger partial charge in [0.1, 0.15) is 0 Å². The second kappa shape index (κ2) is 6.45. The van der Waals surface area contributed by atoms with Crippen molar-refractivity contribution >= 4 is 17.5 Å². The van der Waals surface area contributed by atoms with Crippen molar-refractivity contribution in [1.82, 2.24) is 4.90 Å². The van der Waals surface area contributed by atoms with Crippen LogP contribution in [0.25, 0.3) is 0 Å². The summed E-state index contributed by atoms with van der Waals surface area (Å²) in [6.07, 6.45) is 2.07. The van der Waals surface area contributed by atoms with E-state index < -0.39 is 0 Å². The van der Waals surface area contributed by atoms with E-state index in [9.17, 15) is 4.79 Å². The molecule has 0 bridgehead atoms. The van der Waals surface area contributed by atoms with Gasteiger partial charge in [0.2, 0.25) is 0 Å². The van der Waals surface area contributed by atoms with Gasteiger partial charge in [-0.05, 0) is 50.7 Å². The molecular formula is C17H22ClNO. The molecule has 1 aliphatic rings. The molecule has 1 aromatic rings. The third-order valence-electron chi connectivity index (χ3n) is 4.25. The first-order valence-electron chi connectivity index (χ1n) is 7.18. The summed E-state index contributed by atoms with van der Waals surface area (Å²) in [5, 5.41) is 0.594. The standard InChI is InChI=1S/C17H22ClNO/c1-12-6-4-5-7-16(12)15-8-10-19(11-9-15)17(20)13(2)14(3)18/h4-7,15H,8-11H2,1-3H3/b14-13-. The van der Waals surface area contributed by atoms with Gasteiger partial charge in [0.15, 0.2) is 0 Å². The molecule has 0 radical (unpaired) electrons. The van der Waals surface area contributed by atoms with E-state index in [4.69, 9.17) is 11.6 Å². The highest BCUT2D eigenvalue weighted by Gasteiger charge is 2.25. The fraction of sp³-hybridized carbons (Fsp3) is 0.471. The van der Waals surface area contributed by atoms with Crippen LogP contribution in [-0.4, -0.2) is 23.9 Å². The molecule has 0 atom stereocenters. The lowest BCUT2D eigenvalue weighted by Crippen LogP contribution is -2.38. The molecule has 2 rings (SSSR count). The zero-order valence-corrected chi connectivity index (χ0v) is 13.2. The highest BCUT2D eigenvalue weighted by molar-refractivity contribution is 6.31. The van der Waals surface area contributed by atoms with Gasteiger partial charge in [-0.3, -0.25) is 4.79 Å². The van der Waals surface area contributed by atoms with Crippen molar-refractivity contribution in [2.24, 2.45) is 0 Å². The molecule has 0 unspecified atom stereocenters. The average Bonchev–Trinajstić information content (AvgIpc) is 2.46. The Morgan fingerprint density at radius 1 is 1.20 bits per heavy atom. The zero-order chi connectivity index (χ0) is 14.7. The molecule has 108 valence electrons. The van der Waals surface area contributed by atoms with Crippen LogP contribution in [0.15, 0.2) is 34.9 Å². The zero-order valence-electron chi connectivity index (χ0n) is 12.4. The number of piperidine rings is 1. The summed E-state index contributed by atoms with van der Waals surface area (Å²) in [4.78, 5) is 14.2. The van der Waals surface area contributed by atoms with Crippen LogP contribution in [0.4, 0.5) is 0 Å². The highest BCUT2D eigenvalue weighted by atomic mass is 35.5. The quantitative estimate of drug-likeness (QED) is 0.747. The summed E-state index contributed by atoms with van der Waals surface area (Å²) < 4.78 is 0. The molecule has 1 amide bonds. The average molecular weight is 292 g/mol. The second-order valence-electron chi connectivity index (χ2n) is 5.58. The van der Waals surface area contributed by atoms with E-state index in [-0.39, 0.29) is 5.91 Å². The number of allylic oxidation sites excluding steroid dienone is 1. The first-order chi connectivity index (χ1) is 9.50. The first kappa shape index (κ1) is 15.1. The molecule has 1 heterocycles. The number of amides is 1. The highest BCUT2D eigenvalue weighted by Crippen LogP contribution is 2.30. The van der Waals surface area contributed by atoms with Crippen LogP contribution in [-0.2, 0) is 4.79 Å². The van der Waals surface area contributed by atoms with E-state index in [1.807, 2.05) is 4.90 Å². The number of rotatable bonds is 2. The predicted octanol–water partition coefficient (Wildman–Crippen LogP) is 4.23. The third kappa shape index (κ3) is 3.24. The molecule has 2 nitrogen and oxygen atoms in total. The van der Waals surface area contributed by atoms with E-state index in [0.29, 0.717) is 16.5 Å². The van der Waals surface area contributed by atoms with Crippen molar-refractivity contribution in [1.29, 1.82) is 0 Å². The molecule has 3 heteroatoms. The van der Waals surface area contributed by atoms with Gasteiger partial charge in [-0.2, -0.15) is 0 Å². The number of aryl methyl sites for hydroxylation is 1. The summed E-state index contributed by atoms with van der Waals surface area (Å²) in [6.45, 7) is 7.38. The van der Waals surface area contributed by atoms with Crippen molar-refractivity contribution in [3.8, 4) is 0 Å². The van der Waals surface area contributed by atoms with Crippen molar-refractivity contribution in [3.05, 3.63) is 46.0 Å². The molecule has 1 fully saturated rings. The molecular weight excluding hydrogens is 270 g/mol. The van der Waals surface area contributed by atoms with E-state index in [1.165, 1.54) is 11.1 Å². The number of hydrogen-bond acceptors (Lipinski definition) is 1. The summed E-state index contributed by atoms with van der Waals surface area (Å²) >= 11 is 5.92. The van der Waals surface area contributed by atoms with Crippen LogP contribution in [0, 0.1) is 6.92 Å². The van der Waals surface area contributed by atoms with Crippen molar-refractivity contribution in [3.63, 3.8) is 0 Å². The fourth-order valence-corrected chi connectivity index (χ4v) is 2.90. The minimum absolute atomic E-state index is 0.0840. The maximum Gasteiger partial charge on any atom is 0.250 e. The molecule has 0 N–H and O–H groups in total. The maximum absolute atomic E-state index is 12.2. The SMILES string of the molecule is C/C(Cl)=C(\C)C(=O)N1CCC(c2ccccc2C)CC1. The van der Waals surface area contributed by atoms with Gasteiger partial charge >= 0.3 is 0 Å². The Labute approximate surface area is 126 Å². The molecule has 1 aromatic carbocycles. The van der Waals surface area contributed by atoms with Gasteiger partial charge in [0, 0.05) is 23.7 Å². The lowest BCUT2D eigenvalue weighted by Gasteiger charge is -2.33. The van der Waals surface area contributed by atoms with E-state index in [0.717, 1.165) is 25.9 Å². The maximum atomic E-state index is 12.2. The van der Waals surface area contributed by atoms with Crippen LogP contribution in [0.1, 0.15) is 43.7 Å². The summed E-state index contributed by atoms with van der Waals surface area (Å²) in [6, 6.07) is 8.56. The van der Waals surface area contributed by atoms with Crippen LogP contribution in [0.3, 0.4) is 0 Å². The Morgan fingerprint density at radius 2 is 1.80 bits per heavy atom. The van der Waals surface area contributed by atoms with Crippen molar-refractivity contribution in [2.75, 3.05) is 13.1 Å². The van der Waals surface area contributed by atoms with Crippen LogP contribution in [0.2, 0.25) is 0 Å². The summed E-state index contributed by atoms with van der Waals surface area (Å²) in [5.74, 6) is 0.655. The Balaban J connectivity index is 2.02. The minimum Gasteiger partial charge on any atom is -0.339 e. The van der Waals surface area contributed by atoms with E-state index in [2.05, 4.69) is 31.2 Å². The molecule has 20 heavy (non-hydrogen) atoms. The second-order valence-corrected chi connectivity index (χ2v) is 6.15. The lowest BCUT2D eigenvalue weighted by molar-refractivity contribution is -0.128. The molecule has 0 saturated carbocycles. The Hall–Kier alpha value is -1.28. The molecule has 1 saturated heterocycles. The number of carbonyl (C=O) groups excluding carboxylic acids is 1. The molecule has 0 spiro atoms. The van der Waals surface area contributed by atoms with Crippen LogP contribution >= 0.6 is 11.6 Å². The van der Waals surface area contributed by atoms with E-state index in [1.54, 1.807) is 13.8 Å². The van der Waals surface area contributed by atoms with Gasteiger partial charge in [0.05, 0.1) is 0 Å². The number of nitrogens with zero attached hydrogens (tertiary/aromatic N) is 1. The van der Waals surface area contributed by atoms with Crippen molar-refractivity contribution in [2.45, 2.75) is 39.5 Å². The summed E-state index contributed by atoms with van der Waals surface area (Å²) in [5.41, 5.74) is 3.45. The molecule has 0 aliphatic carbocycles. The van der Waals surface area contributed by atoms with Gasteiger partial charge in [0.25, 0.3) is 5.91 Å². The lowest BCUT2D eigenvalue weighted by atomic mass is 9.87. The number of halogens is 1. The Kier molecular flexibility index (Phi) is 4.87. The number of carbonyl (C=O) groups is 1. The normalized spacial score (nSPS) is 17.9. The Bertz CT molecular complexity index is 524. The largest absolute Gasteiger partial charge is 0.339 e. The number of likely N-dealkylation sites (tertiary alicyclic amines) is 1. The van der Waals surface area contributed by atoms with Gasteiger partial charge in [-0.25, -0.2) is 0 Å². The van der Waals surface area contributed by atoms with Crippen molar-refractivity contribution < 1.29 is 4.79 Å². The molecule has 0 aromatic heterocycles. The topological polar surface area (TPSA) is 20.3 Å². The summed E-state index contributed by atoms with van der Waals surface area (Å²) in [7, 11) is 0. The Morgan fingerprint density at radius 3 is 2.35 bits per heavy atom. The minimum atomic E-state index is 0.0840. The van der Waals surface area contributed by atoms with Gasteiger partial charge < -0.3 is 4.90 Å². The fourth-order valence-electron chi connectivity index (χ4n) is 2.82. The monoisotopic (exact) mass is 291 g/mol. The predicted molar refractivity (Wildman–Crippen MR) is 84.0 cm³/mol. The van der Waals surface area contributed by atoms with Crippen LogP contribution in [0.5, 0.6) is 0 Å².